The summed E-state index contributed by atoms with van der Waals surface area (Å²) in [5, 5.41) is 11.8. The minimum absolute atomic E-state index is 0.00738. The molecule has 4 rings (SSSR count). The van der Waals surface area contributed by atoms with E-state index in [1.54, 1.807) is 23.1 Å². The van der Waals surface area contributed by atoms with Gasteiger partial charge in [-0.15, -0.1) is 0 Å². The summed E-state index contributed by atoms with van der Waals surface area (Å²) >= 11 is 0. The summed E-state index contributed by atoms with van der Waals surface area (Å²) in [6.45, 7) is 7.83. The number of aliphatic hydroxyl groups is 1. The van der Waals surface area contributed by atoms with E-state index >= 15 is 0 Å². The van der Waals surface area contributed by atoms with Gasteiger partial charge < -0.3 is 24.5 Å². The van der Waals surface area contributed by atoms with E-state index in [4.69, 9.17) is 4.74 Å². The molecular weight excluding hydrogens is 523 g/mol. The molecule has 1 atom stereocenters. The molecule has 0 aromatic heterocycles. The first-order chi connectivity index (χ1) is 19.1. The van der Waals surface area contributed by atoms with Crippen LogP contribution in [-0.4, -0.2) is 79.2 Å². The van der Waals surface area contributed by atoms with Crippen molar-refractivity contribution < 1.29 is 32.6 Å². The number of halogens is 3. The molecule has 2 aromatic rings. The Morgan fingerprint density at radius 1 is 1.12 bits per heavy atom. The molecule has 10 heteroatoms. The van der Waals surface area contributed by atoms with E-state index in [0.29, 0.717) is 45.9 Å². The molecule has 7 nitrogen and oxygen atoms in total. The molecule has 2 heterocycles. The second-order valence-electron chi connectivity index (χ2n) is 9.77. The van der Waals surface area contributed by atoms with Gasteiger partial charge in [-0.1, -0.05) is 56.0 Å². The van der Waals surface area contributed by atoms with Gasteiger partial charge in [0.05, 0.1) is 24.5 Å². The lowest BCUT2D eigenvalue weighted by atomic mass is 9.84. The van der Waals surface area contributed by atoms with Crippen LogP contribution in [0.15, 0.2) is 42.5 Å². The Balaban J connectivity index is 1.73. The molecule has 0 aliphatic carbocycles. The highest BCUT2D eigenvalue weighted by atomic mass is 19.4. The fraction of sp³-hybridized carbons (Fsp3) is 0.467. The van der Waals surface area contributed by atoms with Gasteiger partial charge in [-0.25, -0.2) is 0 Å². The van der Waals surface area contributed by atoms with Gasteiger partial charge in [-0.2, -0.15) is 13.2 Å². The highest BCUT2D eigenvalue weighted by Crippen LogP contribution is 2.50. The topological polar surface area (TPSA) is 73.3 Å². The van der Waals surface area contributed by atoms with Gasteiger partial charge in [-0.3, -0.25) is 9.59 Å². The molecular formula is C30H34F3N3O4. The average Bonchev–Trinajstić information content (AvgIpc) is 3.18. The highest BCUT2D eigenvalue weighted by molar-refractivity contribution is 6.09. The maximum atomic E-state index is 14.5. The minimum atomic E-state index is -4.86. The first-order valence-corrected chi connectivity index (χ1v) is 13.5. The quantitative estimate of drug-likeness (QED) is 0.502. The largest absolute Gasteiger partial charge is 0.416 e. The predicted octanol–water partition coefficient (Wildman–Crippen LogP) is 3.62. The number of amides is 2. The van der Waals surface area contributed by atoms with Crippen LogP contribution in [0.3, 0.4) is 0 Å². The number of morpholine rings is 1. The molecule has 1 N–H and O–H groups in total. The number of fused-ring (bicyclic) bond motifs is 1. The van der Waals surface area contributed by atoms with Gasteiger partial charge in [0.25, 0.3) is 5.91 Å². The van der Waals surface area contributed by atoms with Crippen molar-refractivity contribution in [3.05, 3.63) is 64.7 Å². The number of carbonyl (C=O) groups is 2. The Labute approximate surface area is 232 Å². The van der Waals surface area contributed by atoms with Crippen LogP contribution in [0.25, 0.3) is 0 Å². The van der Waals surface area contributed by atoms with Gasteiger partial charge >= 0.3 is 6.18 Å². The second kappa shape index (κ2) is 12.4. The SMILES string of the molecule is CCN(CC)CCN1C(=O)C(O)(c2ccccc2)c2c1cc(C#CCCC(=O)N1CCOCC1)cc2C(F)(F)F. The summed E-state index contributed by atoms with van der Waals surface area (Å²) < 4.78 is 48.8. The predicted molar refractivity (Wildman–Crippen MR) is 145 cm³/mol. The molecule has 2 aromatic carbocycles. The number of likely N-dealkylation sites (N-methyl/N-ethyl adjacent to an activating group) is 1. The van der Waals surface area contributed by atoms with Crippen LogP contribution in [0.4, 0.5) is 18.9 Å². The number of hydrogen-bond acceptors (Lipinski definition) is 5. The number of carbonyl (C=O) groups excluding carboxylic acids is 2. The number of rotatable bonds is 8. The van der Waals surface area contributed by atoms with Crippen LogP contribution < -0.4 is 4.90 Å². The molecule has 40 heavy (non-hydrogen) atoms. The summed E-state index contributed by atoms with van der Waals surface area (Å²) in [7, 11) is 0. The number of hydrogen-bond donors (Lipinski definition) is 1. The third-order valence-electron chi connectivity index (χ3n) is 7.42. The molecule has 1 fully saturated rings. The lowest BCUT2D eigenvalue weighted by Crippen LogP contribution is -2.44. The van der Waals surface area contributed by atoms with E-state index in [1.807, 2.05) is 18.7 Å². The summed E-state index contributed by atoms with van der Waals surface area (Å²) in [4.78, 5) is 31.1. The maximum Gasteiger partial charge on any atom is 0.416 e. The molecule has 0 saturated carbocycles. The van der Waals surface area contributed by atoms with E-state index < -0.39 is 28.8 Å². The standard InChI is InChI=1S/C30H34F3N3O4/c1-3-34(4-2)14-15-36-25-21-22(10-8-9-13-26(37)35-16-18-40-19-17-35)20-24(30(31,32)33)27(25)29(39,28(36)38)23-11-6-5-7-12-23/h5-7,11-12,20-21,39H,3-4,9,13-19H2,1-2H3. The smallest absolute Gasteiger partial charge is 0.378 e. The van der Waals surface area contributed by atoms with E-state index in [9.17, 15) is 27.9 Å². The first-order valence-electron chi connectivity index (χ1n) is 13.5. The summed E-state index contributed by atoms with van der Waals surface area (Å²) in [5.41, 5.74) is -3.97. The Hall–Kier alpha value is -3.39. The van der Waals surface area contributed by atoms with Crippen molar-refractivity contribution >= 4 is 17.5 Å². The summed E-state index contributed by atoms with van der Waals surface area (Å²) in [5.74, 6) is 4.67. The zero-order chi connectivity index (χ0) is 28.9. The van der Waals surface area contributed by atoms with Gasteiger partial charge in [0.2, 0.25) is 5.91 Å². The summed E-state index contributed by atoms with van der Waals surface area (Å²) in [6.07, 6.45) is -4.54. The van der Waals surface area contributed by atoms with E-state index in [2.05, 4.69) is 11.8 Å². The fourth-order valence-corrected chi connectivity index (χ4v) is 5.18. The molecule has 1 unspecified atom stereocenters. The van der Waals surface area contributed by atoms with Crippen LogP contribution in [0.2, 0.25) is 0 Å². The third kappa shape index (κ3) is 6.02. The Kier molecular flexibility index (Phi) is 9.19. The van der Waals surface area contributed by atoms with E-state index in [-0.39, 0.29) is 42.1 Å². The Morgan fingerprint density at radius 3 is 2.42 bits per heavy atom. The van der Waals surface area contributed by atoms with Crippen molar-refractivity contribution in [2.45, 2.75) is 38.5 Å². The van der Waals surface area contributed by atoms with Crippen molar-refractivity contribution in [2.24, 2.45) is 0 Å². The van der Waals surface area contributed by atoms with Crippen LogP contribution in [0, 0.1) is 11.8 Å². The van der Waals surface area contributed by atoms with Crippen molar-refractivity contribution in [2.75, 3.05) is 57.4 Å². The molecule has 0 radical (unpaired) electrons. The van der Waals surface area contributed by atoms with Gasteiger partial charge in [-0.05, 0) is 30.8 Å². The van der Waals surface area contributed by atoms with Crippen molar-refractivity contribution in [3.63, 3.8) is 0 Å². The van der Waals surface area contributed by atoms with Crippen LogP contribution in [0.1, 0.15) is 48.9 Å². The molecule has 0 spiro atoms. The second-order valence-corrected chi connectivity index (χ2v) is 9.77. The molecule has 2 aliphatic heterocycles. The zero-order valence-corrected chi connectivity index (χ0v) is 22.8. The maximum absolute atomic E-state index is 14.5. The van der Waals surface area contributed by atoms with Crippen LogP contribution in [0.5, 0.6) is 0 Å². The van der Waals surface area contributed by atoms with E-state index in [1.165, 1.54) is 23.1 Å². The zero-order valence-electron chi connectivity index (χ0n) is 22.8. The molecule has 2 aliphatic rings. The number of nitrogens with zero attached hydrogens (tertiary/aromatic N) is 3. The normalized spacial score (nSPS) is 19.0. The van der Waals surface area contributed by atoms with Gasteiger partial charge in [0, 0.05) is 50.1 Å². The van der Waals surface area contributed by atoms with Crippen molar-refractivity contribution in [1.82, 2.24) is 9.80 Å². The Morgan fingerprint density at radius 2 is 1.80 bits per heavy atom. The average molecular weight is 558 g/mol. The number of ether oxygens (including phenoxy) is 1. The molecule has 0 bridgehead atoms. The number of alkyl halides is 3. The van der Waals surface area contributed by atoms with Crippen LogP contribution in [-0.2, 0) is 26.1 Å². The van der Waals surface area contributed by atoms with Gasteiger partial charge in [0.15, 0.2) is 5.60 Å². The number of benzene rings is 2. The molecule has 1 saturated heterocycles. The third-order valence-corrected chi connectivity index (χ3v) is 7.42. The monoisotopic (exact) mass is 557 g/mol. The fourth-order valence-electron chi connectivity index (χ4n) is 5.18. The summed E-state index contributed by atoms with van der Waals surface area (Å²) in [6, 6.07) is 10.0. The molecule has 2 amide bonds. The molecule has 214 valence electrons. The van der Waals surface area contributed by atoms with E-state index in [0.717, 1.165) is 6.07 Å². The first kappa shape index (κ1) is 29.6. The van der Waals surface area contributed by atoms with Crippen molar-refractivity contribution in [3.8, 4) is 11.8 Å². The van der Waals surface area contributed by atoms with Gasteiger partial charge in [0.1, 0.15) is 0 Å². The number of anilines is 1. The highest BCUT2D eigenvalue weighted by Gasteiger charge is 2.55. The lowest BCUT2D eigenvalue weighted by molar-refractivity contribution is -0.142. The lowest BCUT2D eigenvalue weighted by Gasteiger charge is -2.26. The van der Waals surface area contributed by atoms with Crippen molar-refractivity contribution in [1.29, 1.82) is 0 Å². The Bertz CT molecular complexity index is 1280. The minimum Gasteiger partial charge on any atom is -0.378 e. The van der Waals surface area contributed by atoms with Crippen LogP contribution >= 0.6 is 0 Å².